The van der Waals surface area contributed by atoms with Gasteiger partial charge in [-0.3, -0.25) is 0 Å². The maximum atomic E-state index is 11.7. The first-order valence-electron chi connectivity index (χ1n) is 1.87. The highest BCUT2D eigenvalue weighted by Gasteiger charge is 2.43. The summed E-state index contributed by atoms with van der Waals surface area (Å²) in [6.07, 6.45) is 0. The Bertz CT molecular complexity index is 132. The first-order valence-corrected chi connectivity index (χ1v) is 1.87. The molecule has 0 aliphatic carbocycles. The molecular weight excluding hydrogens is 123 g/mol. The summed E-state index contributed by atoms with van der Waals surface area (Å²) in [4.78, 5) is 3.73. The number of halogens is 3. The second-order valence-corrected chi connectivity index (χ2v) is 1.36. The fraction of sp³-hybridized carbons (Fsp3) is 0.667. The average Bonchev–Trinajstić information content (AvgIpc) is 1.86. The van der Waals surface area contributed by atoms with E-state index in [-0.39, 0.29) is 0 Å². The van der Waals surface area contributed by atoms with Crippen LogP contribution < -0.4 is 0 Å². The molecule has 0 saturated heterocycles. The van der Waals surface area contributed by atoms with E-state index in [0.29, 0.717) is 0 Å². The van der Waals surface area contributed by atoms with E-state index in [2.05, 4.69) is 9.99 Å². The Morgan fingerprint density at radius 1 is 1.62 bits per heavy atom. The van der Waals surface area contributed by atoms with Crippen LogP contribution >= 0.6 is 0 Å². The third-order valence-corrected chi connectivity index (χ3v) is 0.692. The van der Waals surface area contributed by atoms with E-state index in [0.717, 1.165) is 0 Å². The van der Waals surface area contributed by atoms with Crippen molar-refractivity contribution in [3.05, 3.63) is 0 Å². The van der Waals surface area contributed by atoms with Crippen molar-refractivity contribution in [1.82, 2.24) is 0 Å². The summed E-state index contributed by atoms with van der Waals surface area (Å²) >= 11 is 0. The van der Waals surface area contributed by atoms with Crippen molar-refractivity contribution < 1.29 is 18.0 Å². The van der Waals surface area contributed by atoms with Crippen LogP contribution in [0.25, 0.3) is 0 Å². The van der Waals surface area contributed by atoms with E-state index in [9.17, 15) is 13.2 Å². The van der Waals surface area contributed by atoms with Gasteiger partial charge in [0.25, 0.3) is 5.97 Å². The standard InChI is InChI=1S/C3H2F3NO/c4-2-3(5,6)1-8-7-2/h1H2. The molecule has 46 valence electrons. The van der Waals surface area contributed by atoms with Gasteiger partial charge in [-0.1, -0.05) is 5.16 Å². The molecule has 0 saturated carbocycles. The van der Waals surface area contributed by atoms with Crippen molar-refractivity contribution in [2.75, 3.05) is 6.61 Å². The van der Waals surface area contributed by atoms with E-state index in [1.54, 1.807) is 0 Å². The van der Waals surface area contributed by atoms with Crippen LogP contribution in [0.15, 0.2) is 5.16 Å². The normalized spacial score (nSPS) is 24.6. The minimum atomic E-state index is -3.49. The van der Waals surface area contributed by atoms with Gasteiger partial charge in [-0.25, -0.2) is 0 Å². The molecule has 0 radical (unpaired) electrons. The van der Waals surface area contributed by atoms with Crippen molar-refractivity contribution >= 4 is 5.97 Å². The molecule has 0 fully saturated rings. The molecule has 0 unspecified atom stereocenters. The van der Waals surface area contributed by atoms with E-state index in [4.69, 9.17) is 0 Å². The molecule has 0 aromatic carbocycles. The molecule has 0 N–H and O–H groups in total. The van der Waals surface area contributed by atoms with Crippen LogP contribution in [0, 0.1) is 0 Å². The number of hydrogen-bond acceptors (Lipinski definition) is 2. The van der Waals surface area contributed by atoms with E-state index < -0.39 is 18.5 Å². The van der Waals surface area contributed by atoms with Crippen LogP contribution in [0.3, 0.4) is 0 Å². The summed E-state index contributed by atoms with van der Waals surface area (Å²) in [7, 11) is 0. The maximum Gasteiger partial charge on any atom is 0.354 e. The smallest absolute Gasteiger partial charge is 0.354 e. The molecule has 0 spiro atoms. The second-order valence-electron chi connectivity index (χ2n) is 1.36. The SMILES string of the molecule is FC1=NOCC1(F)F. The third-order valence-electron chi connectivity index (χ3n) is 0.692. The summed E-state index contributed by atoms with van der Waals surface area (Å²) < 4.78 is 35.0. The highest BCUT2D eigenvalue weighted by Crippen LogP contribution is 2.22. The van der Waals surface area contributed by atoms with Gasteiger partial charge < -0.3 is 4.84 Å². The molecule has 0 amide bonds. The number of rotatable bonds is 0. The van der Waals surface area contributed by atoms with Crippen LogP contribution in [0.4, 0.5) is 13.2 Å². The molecule has 2 nitrogen and oxygen atoms in total. The zero-order chi connectivity index (χ0) is 6.20. The van der Waals surface area contributed by atoms with Crippen LogP contribution in [0.2, 0.25) is 0 Å². The third kappa shape index (κ3) is 0.635. The van der Waals surface area contributed by atoms with Gasteiger partial charge in [0, 0.05) is 0 Å². The highest BCUT2D eigenvalue weighted by atomic mass is 19.3. The molecule has 1 aliphatic rings. The Labute approximate surface area is 42.9 Å². The largest absolute Gasteiger partial charge is 0.386 e. The van der Waals surface area contributed by atoms with Crippen LogP contribution in [-0.4, -0.2) is 18.5 Å². The highest BCUT2D eigenvalue weighted by molar-refractivity contribution is 5.82. The molecular formula is C3H2F3NO. The summed E-state index contributed by atoms with van der Waals surface area (Å²) in [5.74, 6) is -5.22. The Morgan fingerprint density at radius 3 is 2.38 bits per heavy atom. The predicted octanol–water partition coefficient (Wildman–Crippen LogP) is 0.935. The first kappa shape index (κ1) is 5.40. The van der Waals surface area contributed by atoms with Gasteiger partial charge >= 0.3 is 5.92 Å². The molecule has 5 heteroatoms. The lowest BCUT2D eigenvalue weighted by Crippen LogP contribution is -2.24. The molecule has 0 bridgehead atoms. The number of nitrogens with zero attached hydrogens (tertiary/aromatic N) is 1. The predicted molar refractivity (Wildman–Crippen MR) is 19.4 cm³/mol. The molecule has 0 atom stereocenters. The van der Waals surface area contributed by atoms with Gasteiger partial charge in [-0.05, 0) is 0 Å². The van der Waals surface area contributed by atoms with E-state index in [1.807, 2.05) is 0 Å². The van der Waals surface area contributed by atoms with Crippen molar-refractivity contribution in [3.8, 4) is 0 Å². The minimum absolute atomic E-state index is 0.973. The summed E-state index contributed by atoms with van der Waals surface area (Å²) in [6.45, 7) is -0.973. The maximum absolute atomic E-state index is 11.7. The number of hydrogen-bond donors (Lipinski definition) is 0. The summed E-state index contributed by atoms with van der Waals surface area (Å²) in [5.41, 5.74) is 0. The topological polar surface area (TPSA) is 21.6 Å². The average molecular weight is 125 g/mol. The monoisotopic (exact) mass is 125 g/mol. The van der Waals surface area contributed by atoms with Gasteiger partial charge in [0.2, 0.25) is 0 Å². The van der Waals surface area contributed by atoms with Crippen LogP contribution in [-0.2, 0) is 4.84 Å². The van der Waals surface area contributed by atoms with Crippen LogP contribution in [0.5, 0.6) is 0 Å². The molecule has 0 aromatic rings. The van der Waals surface area contributed by atoms with Crippen molar-refractivity contribution in [2.45, 2.75) is 5.92 Å². The Balaban J connectivity index is 2.73. The van der Waals surface area contributed by atoms with Gasteiger partial charge in [0.1, 0.15) is 0 Å². The summed E-state index contributed by atoms with van der Waals surface area (Å²) in [6, 6.07) is 0. The van der Waals surface area contributed by atoms with Gasteiger partial charge in [-0.15, -0.1) is 0 Å². The minimum Gasteiger partial charge on any atom is -0.386 e. The summed E-state index contributed by atoms with van der Waals surface area (Å²) in [5, 5.41) is 2.39. The molecule has 1 aliphatic heterocycles. The number of alkyl halides is 2. The number of oxime groups is 1. The Kier molecular flexibility index (Phi) is 0.922. The fourth-order valence-electron chi connectivity index (χ4n) is 0.296. The molecule has 1 rings (SSSR count). The lowest BCUT2D eigenvalue weighted by Gasteiger charge is -1.98. The Morgan fingerprint density at radius 2 is 2.25 bits per heavy atom. The van der Waals surface area contributed by atoms with Crippen LogP contribution in [0.1, 0.15) is 0 Å². The zero-order valence-electron chi connectivity index (χ0n) is 3.70. The molecule has 8 heavy (non-hydrogen) atoms. The zero-order valence-corrected chi connectivity index (χ0v) is 3.70. The Hall–Kier alpha value is -0.740. The molecule has 0 aromatic heterocycles. The molecule has 1 heterocycles. The lowest BCUT2D eigenvalue weighted by molar-refractivity contribution is 0.00485. The first-order chi connectivity index (χ1) is 3.63. The second kappa shape index (κ2) is 1.37. The van der Waals surface area contributed by atoms with E-state index >= 15 is 0 Å². The van der Waals surface area contributed by atoms with Gasteiger partial charge in [0.05, 0.1) is 0 Å². The van der Waals surface area contributed by atoms with Gasteiger partial charge in [-0.2, -0.15) is 13.2 Å². The van der Waals surface area contributed by atoms with Gasteiger partial charge in [0.15, 0.2) is 6.61 Å². The fourth-order valence-corrected chi connectivity index (χ4v) is 0.296. The lowest BCUT2D eigenvalue weighted by atomic mass is 10.4. The quantitative estimate of drug-likeness (QED) is 0.472. The van der Waals surface area contributed by atoms with Crippen molar-refractivity contribution in [2.24, 2.45) is 5.16 Å². The van der Waals surface area contributed by atoms with Crippen molar-refractivity contribution in [3.63, 3.8) is 0 Å². The van der Waals surface area contributed by atoms with E-state index in [1.165, 1.54) is 0 Å². The van der Waals surface area contributed by atoms with Crippen molar-refractivity contribution in [1.29, 1.82) is 0 Å².